The van der Waals surface area contributed by atoms with Gasteiger partial charge in [-0.3, -0.25) is 14.9 Å². The molecule has 1 aromatic carbocycles. The van der Waals surface area contributed by atoms with Crippen molar-refractivity contribution in [1.29, 1.82) is 0 Å². The molecule has 6 nitrogen and oxygen atoms in total. The number of nitrogens with zero attached hydrogens (tertiary/aromatic N) is 1. The molecule has 19 heavy (non-hydrogen) atoms. The lowest BCUT2D eigenvalue weighted by atomic mass is 10.1. The van der Waals surface area contributed by atoms with E-state index in [0.717, 1.165) is 24.6 Å². The minimum absolute atomic E-state index is 0.0638. The van der Waals surface area contributed by atoms with Crippen molar-refractivity contribution in [2.24, 2.45) is 0 Å². The fraction of sp³-hybridized carbons (Fsp3) is 0.417. The quantitative estimate of drug-likeness (QED) is 0.646. The number of halogens is 1. The summed E-state index contributed by atoms with van der Waals surface area (Å²) in [7, 11) is 0. The highest BCUT2D eigenvalue weighted by Gasteiger charge is 2.19. The highest BCUT2D eigenvalue weighted by molar-refractivity contribution is 5.77. The first kappa shape index (κ1) is 13.3. The van der Waals surface area contributed by atoms with Crippen LogP contribution in [0.5, 0.6) is 0 Å². The third-order valence-corrected chi connectivity index (χ3v) is 3.00. The third-order valence-electron chi connectivity index (χ3n) is 3.00. The summed E-state index contributed by atoms with van der Waals surface area (Å²) in [4.78, 5) is 21.5. The Balaban J connectivity index is 2.15. The first-order valence-corrected chi connectivity index (χ1v) is 6.03. The van der Waals surface area contributed by atoms with Crippen LogP contribution in [0.15, 0.2) is 18.2 Å². The van der Waals surface area contributed by atoms with Crippen LogP contribution in [-0.4, -0.2) is 23.4 Å². The predicted octanol–water partition coefficient (Wildman–Crippen LogP) is 1.81. The van der Waals surface area contributed by atoms with E-state index in [1.54, 1.807) is 0 Å². The molecular weight excluding hydrogens is 253 g/mol. The molecule has 0 aromatic heterocycles. The average molecular weight is 267 g/mol. The Morgan fingerprint density at radius 2 is 2.26 bits per heavy atom. The molecule has 0 saturated carbocycles. The molecular formula is C12H14FN3O3. The summed E-state index contributed by atoms with van der Waals surface area (Å²) in [6.45, 7) is 0.606. The Labute approximate surface area is 109 Å². The SMILES string of the molecule is O=C1CC(Nc2cc([N+](=O)[O-])ccc2F)CCCN1. The van der Waals surface area contributed by atoms with Crippen LogP contribution in [0.1, 0.15) is 19.3 Å². The Morgan fingerprint density at radius 1 is 1.47 bits per heavy atom. The lowest BCUT2D eigenvalue weighted by Gasteiger charge is -2.16. The van der Waals surface area contributed by atoms with Crippen LogP contribution in [0.25, 0.3) is 0 Å². The molecule has 1 amide bonds. The zero-order valence-electron chi connectivity index (χ0n) is 10.2. The molecule has 0 spiro atoms. The molecule has 1 aliphatic heterocycles. The van der Waals surface area contributed by atoms with E-state index in [1.807, 2.05) is 0 Å². The minimum Gasteiger partial charge on any atom is -0.379 e. The maximum Gasteiger partial charge on any atom is 0.271 e. The summed E-state index contributed by atoms with van der Waals surface area (Å²) in [5.74, 6) is -0.656. The van der Waals surface area contributed by atoms with Crippen LogP contribution in [0.3, 0.4) is 0 Å². The van der Waals surface area contributed by atoms with Crippen molar-refractivity contribution in [3.63, 3.8) is 0 Å². The second kappa shape index (κ2) is 5.64. The first-order chi connectivity index (χ1) is 9.06. The third kappa shape index (κ3) is 3.40. The van der Waals surface area contributed by atoms with Crippen molar-refractivity contribution < 1.29 is 14.1 Å². The molecule has 0 bridgehead atoms. The predicted molar refractivity (Wildman–Crippen MR) is 67.3 cm³/mol. The van der Waals surface area contributed by atoms with E-state index in [4.69, 9.17) is 0 Å². The standard InChI is InChI=1S/C12H14FN3O3/c13-10-4-3-9(16(18)19)7-11(10)15-8-2-1-5-14-12(17)6-8/h3-4,7-8,15H,1-2,5-6H2,(H,14,17). The number of carbonyl (C=O) groups excluding carboxylic acids is 1. The maximum atomic E-state index is 13.6. The number of non-ortho nitro benzene ring substituents is 1. The number of anilines is 1. The van der Waals surface area contributed by atoms with Gasteiger partial charge in [0, 0.05) is 31.1 Å². The number of rotatable bonds is 3. The van der Waals surface area contributed by atoms with Crippen molar-refractivity contribution in [1.82, 2.24) is 5.32 Å². The van der Waals surface area contributed by atoms with Gasteiger partial charge in [0.2, 0.25) is 5.91 Å². The van der Waals surface area contributed by atoms with Crippen LogP contribution < -0.4 is 10.6 Å². The van der Waals surface area contributed by atoms with Crippen molar-refractivity contribution in [3.05, 3.63) is 34.1 Å². The van der Waals surface area contributed by atoms with Crippen LogP contribution in [-0.2, 0) is 4.79 Å². The Hall–Kier alpha value is -2.18. The van der Waals surface area contributed by atoms with Crippen LogP contribution in [0.4, 0.5) is 15.8 Å². The van der Waals surface area contributed by atoms with Crippen molar-refractivity contribution in [3.8, 4) is 0 Å². The zero-order valence-corrected chi connectivity index (χ0v) is 10.2. The Bertz CT molecular complexity index is 507. The van der Waals surface area contributed by atoms with Crippen molar-refractivity contribution in [2.45, 2.75) is 25.3 Å². The number of carbonyl (C=O) groups is 1. The van der Waals surface area contributed by atoms with Gasteiger partial charge in [0.05, 0.1) is 10.6 Å². The molecule has 1 aliphatic rings. The van der Waals surface area contributed by atoms with Gasteiger partial charge >= 0.3 is 0 Å². The molecule has 1 saturated heterocycles. The van der Waals surface area contributed by atoms with Crippen molar-refractivity contribution in [2.75, 3.05) is 11.9 Å². The zero-order chi connectivity index (χ0) is 13.8. The summed E-state index contributed by atoms with van der Waals surface area (Å²) >= 11 is 0. The summed E-state index contributed by atoms with van der Waals surface area (Å²) in [6, 6.07) is 3.11. The number of amides is 1. The number of nitro benzene ring substituents is 1. The summed E-state index contributed by atoms with van der Waals surface area (Å²) < 4.78 is 13.6. The van der Waals surface area contributed by atoms with Gasteiger partial charge in [0.1, 0.15) is 5.82 Å². The van der Waals surface area contributed by atoms with Crippen LogP contribution in [0.2, 0.25) is 0 Å². The number of hydrogen-bond acceptors (Lipinski definition) is 4. The number of nitrogens with one attached hydrogen (secondary N) is 2. The van der Waals surface area contributed by atoms with E-state index in [0.29, 0.717) is 13.0 Å². The maximum absolute atomic E-state index is 13.6. The van der Waals surface area contributed by atoms with E-state index in [1.165, 1.54) is 0 Å². The summed E-state index contributed by atoms with van der Waals surface area (Å²) in [6.07, 6.45) is 1.74. The Morgan fingerprint density at radius 3 is 3.00 bits per heavy atom. The average Bonchev–Trinajstić information content (AvgIpc) is 2.56. The molecule has 2 rings (SSSR count). The monoisotopic (exact) mass is 267 g/mol. The largest absolute Gasteiger partial charge is 0.379 e. The molecule has 0 radical (unpaired) electrons. The van der Waals surface area contributed by atoms with Gasteiger partial charge < -0.3 is 10.6 Å². The van der Waals surface area contributed by atoms with E-state index in [-0.39, 0.29) is 29.7 Å². The second-order valence-corrected chi connectivity index (χ2v) is 4.46. The minimum atomic E-state index is -0.579. The van der Waals surface area contributed by atoms with Gasteiger partial charge in [-0.1, -0.05) is 0 Å². The second-order valence-electron chi connectivity index (χ2n) is 4.46. The molecule has 1 heterocycles. The van der Waals surface area contributed by atoms with Gasteiger partial charge in [-0.2, -0.15) is 0 Å². The molecule has 7 heteroatoms. The van der Waals surface area contributed by atoms with Crippen LogP contribution >= 0.6 is 0 Å². The molecule has 2 N–H and O–H groups in total. The normalized spacial score (nSPS) is 19.4. The highest BCUT2D eigenvalue weighted by atomic mass is 19.1. The van der Waals surface area contributed by atoms with Crippen LogP contribution in [0, 0.1) is 15.9 Å². The summed E-state index contributed by atoms with van der Waals surface area (Å²) in [5.41, 5.74) is -0.115. The first-order valence-electron chi connectivity index (χ1n) is 6.03. The fourth-order valence-electron chi connectivity index (χ4n) is 2.05. The molecule has 1 unspecified atom stereocenters. The number of benzene rings is 1. The van der Waals surface area contributed by atoms with E-state index in [9.17, 15) is 19.3 Å². The van der Waals surface area contributed by atoms with E-state index >= 15 is 0 Å². The van der Waals surface area contributed by atoms with Gasteiger partial charge in [-0.05, 0) is 18.9 Å². The molecule has 1 aromatic rings. The lowest BCUT2D eigenvalue weighted by Crippen LogP contribution is -2.27. The molecule has 0 aliphatic carbocycles. The van der Waals surface area contributed by atoms with Gasteiger partial charge in [0.25, 0.3) is 5.69 Å². The lowest BCUT2D eigenvalue weighted by molar-refractivity contribution is -0.384. The fourth-order valence-corrected chi connectivity index (χ4v) is 2.05. The van der Waals surface area contributed by atoms with E-state index < -0.39 is 10.7 Å². The highest BCUT2D eigenvalue weighted by Crippen LogP contribution is 2.23. The smallest absolute Gasteiger partial charge is 0.271 e. The number of hydrogen-bond donors (Lipinski definition) is 2. The van der Waals surface area contributed by atoms with E-state index in [2.05, 4.69) is 10.6 Å². The van der Waals surface area contributed by atoms with Crippen molar-refractivity contribution >= 4 is 17.3 Å². The molecule has 1 atom stereocenters. The molecule has 102 valence electrons. The topological polar surface area (TPSA) is 84.3 Å². The Kier molecular flexibility index (Phi) is 3.94. The van der Waals surface area contributed by atoms with Gasteiger partial charge in [-0.25, -0.2) is 4.39 Å². The van der Waals surface area contributed by atoms with Gasteiger partial charge in [-0.15, -0.1) is 0 Å². The molecule has 1 fully saturated rings. The number of nitro groups is 1. The van der Waals surface area contributed by atoms with Gasteiger partial charge in [0.15, 0.2) is 0 Å². The summed E-state index contributed by atoms with van der Waals surface area (Å²) in [5, 5.41) is 16.3.